The molecule has 4 rings (SSSR count). The second kappa shape index (κ2) is 5.40. The summed E-state index contributed by atoms with van der Waals surface area (Å²) >= 11 is 0. The molecule has 1 nitrogen and oxygen atoms in total. The minimum atomic E-state index is 1.01. The molecule has 0 spiro atoms. The predicted octanol–water partition coefficient (Wildman–Crippen LogP) is 4.95. The van der Waals surface area contributed by atoms with Crippen LogP contribution in [0, 0.1) is 0 Å². The Morgan fingerprint density at radius 3 is 2.73 bits per heavy atom. The van der Waals surface area contributed by atoms with Crippen LogP contribution in [-0.4, -0.2) is 19.0 Å². The third kappa shape index (κ3) is 2.30. The quantitative estimate of drug-likeness (QED) is 0.756. The summed E-state index contributed by atoms with van der Waals surface area (Å²) in [6.45, 7) is 1.01. The highest BCUT2D eigenvalue weighted by atomic mass is 15.0. The molecule has 2 aliphatic rings. The summed E-state index contributed by atoms with van der Waals surface area (Å²) in [6, 6.07) is 11.6. The summed E-state index contributed by atoms with van der Waals surface area (Å²) in [7, 11) is 4.27. The zero-order chi connectivity index (χ0) is 15.1. The van der Waals surface area contributed by atoms with Gasteiger partial charge in [0, 0.05) is 6.54 Å². The lowest BCUT2D eigenvalue weighted by Gasteiger charge is -2.25. The summed E-state index contributed by atoms with van der Waals surface area (Å²) < 4.78 is 0. The van der Waals surface area contributed by atoms with Crippen LogP contribution >= 0.6 is 0 Å². The van der Waals surface area contributed by atoms with Crippen molar-refractivity contribution in [2.24, 2.45) is 0 Å². The molecule has 0 amide bonds. The summed E-state index contributed by atoms with van der Waals surface area (Å²) in [6.07, 6.45) is 9.60. The van der Waals surface area contributed by atoms with Crippen molar-refractivity contribution < 1.29 is 0 Å². The fraction of sp³-hybridized carbons (Fsp3) is 0.333. The van der Waals surface area contributed by atoms with Crippen LogP contribution in [0.3, 0.4) is 0 Å². The van der Waals surface area contributed by atoms with Crippen LogP contribution in [0.1, 0.15) is 36.0 Å². The molecule has 112 valence electrons. The number of fused-ring (bicyclic) bond motifs is 4. The monoisotopic (exact) mass is 289 g/mol. The number of benzene rings is 2. The van der Waals surface area contributed by atoms with Crippen LogP contribution in [0.4, 0.5) is 0 Å². The second-order valence-corrected chi connectivity index (χ2v) is 6.84. The highest BCUT2D eigenvalue weighted by molar-refractivity contribution is 5.94. The zero-order valence-electron chi connectivity index (χ0n) is 13.5. The SMILES string of the molecule is CN(C)Cc1ccc2ccc3c(c2c1)CCC1=C3C=CCC1. The van der Waals surface area contributed by atoms with E-state index in [-0.39, 0.29) is 0 Å². The van der Waals surface area contributed by atoms with Crippen molar-refractivity contribution in [3.63, 3.8) is 0 Å². The second-order valence-electron chi connectivity index (χ2n) is 6.84. The Kier molecular flexibility index (Phi) is 3.38. The molecule has 0 atom stereocenters. The van der Waals surface area contributed by atoms with Gasteiger partial charge in [0.2, 0.25) is 0 Å². The summed E-state index contributed by atoms with van der Waals surface area (Å²) in [4.78, 5) is 2.24. The average molecular weight is 289 g/mol. The Bertz CT molecular complexity index is 793. The Hall–Kier alpha value is -1.86. The first kappa shape index (κ1) is 13.8. The highest BCUT2D eigenvalue weighted by Gasteiger charge is 2.20. The molecule has 2 aromatic carbocycles. The third-order valence-electron chi connectivity index (χ3n) is 4.94. The largest absolute Gasteiger partial charge is 0.305 e. The van der Waals surface area contributed by atoms with E-state index in [9.17, 15) is 0 Å². The highest BCUT2D eigenvalue weighted by Crippen LogP contribution is 2.39. The van der Waals surface area contributed by atoms with Gasteiger partial charge in [0.25, 0.3) is 0 Å². The van der Waals surface area contributed by atoms with Crippen LogP contribution in [0.25, 0.3) is 16.3 Å². The molecule has 0 N–H and O–H groups in total. The van der Waals surface area contributed by atoms with Gasteiger partial charge in [-0.1, -0.05) is 42.0 Å². The first-order valence-electron chi connectivity index (χ1n) is 8.30. The first-order valence-corrected chi connectivity index (χ1v) is 8.30. The van der Waals surface area contributed by atoms with Crippen molar-refractivity contribution in [2.45, 2.75) is 32.2 Å². The van der Waals surface area contributed by atoms with Gasteiger partial charge in [-0.05, 0) is 78.9 Å². The zero-order valence-corrected chi connectivity index (χ0v) is 13.5. The van der Waals surface area contributed by atoms with Gasteiger partial charge in [0.1, 0.15) is 0 Å². The van der Waals surface area contributed by atoms with Gasteiger partial charge in [-0.25, -0.2) is 0 Å². The lowest BCUT2D eigenvalue weighted by atomic mass is 9.79. The fourth-order valence-electron chi connectivity index (χ4n) is 3.94. The van der Waals surface area contributed by atoms with Gasteiger partial charge in [-0.3, -0.25) is 0 Å². The lowest BCUT2D eigenvalue weighted by molar-refractivity contribution is 0.403. The Morgan fingerprint density at radius 1 is 1.00 bits per heavy atom. The van der Waals surface area contributed by atoms with E-state index in [0.717, 1.165) is 6.54 Å². The van der Waals surface area contributed by atoms with Crippen LogP contribution < -0.4 is 0 Å². The van der Waals surface area contributed by atoms with E-state index in [1.165, 1.54) is 53.2 Å². The molecule has 0 unspecified atom stereocenters. The number of nitrogens with zero attached hydrogens (tertiary/aromatic N) is 1. The number of hydrogen-bond donors (Lipinski definition) is 0. The molecular weight excluding hydrogens is 266 g/mol. The van der Waals surface area contributed by atoms with Crippen molar-refractivity contribution in [1.82, 2.24) is 4.90 Å². The first-order chi connectivity index (χ1) is 10.7. The van der Waals surface area contributed by atoms with Crippen LogP contribution in [0.15, 0.2) is 48.1 Å². The van der Waals surface area contributed by atoms with E-state index < -0.39 is 0 Å². The molecule has 1 heteroatoms. The van der Waals surface area contributed by atoms with Gasteiger partial charge in [0.15, 0.2) is 0 Å². The average Bonchev–Trinajstić information content (AvgIpc) is 2.53. The molecule has 0 aliphatic heterocycles. The fourth-order valence-corrected chi connectivity index (χ4v) is 3.94. The third-order valence-corrected chi connectivity index (χ3v) is 4.94. The minimum absolute atomic E-state index is 1.01. The van der Waals surface area contributed by atoms with Gasteiger partial charge < -0.3 is 4.90 Å². The van der Waals surface area contributed by atoms with Gasteiger partial charge in [0.05, 0.1) is 0 Å². The molecule has 2 aromatic rings. The van der Waals surface area contributed by atoms with E-state index in [1.54, 1.807) is 11.1 Å². The Balaban J connectivity index is 1.88. The molecule has 2 aliphatic carbocycles. The summed E-state index contributed by atoms with van der Waals surface area (Å²) in [5.41, 5.74) is 7.62. The van der Waals surface area contributed by atoms with E-state index in [0.29, 0.717) is 0 Å². The van der Waals surface area contributed by atoms with Gasteiger partial charge >= 0.3 is 0 Å². The van der Waals surface area contributed by atoms with Gasteiger partial charge in [-0.2, -0.15) is 0 Å². The number of allylic oxidation sites excluding steroid dienone is 4. The molecular formula is C21H23N. The molecule has 0 radical (unpaired) electrons. The van der Waals surface area contributed by atoms with Crippen LogP contribution in [-0.2, 0) is 13.0 Å². The maximum atomic E-state index is 2.41. The van der Waals surface area contributed by atoms with Crippen molar-refractivity contribution >= 4 is 16.3 Å². The molecule has 0 bridgehead atoms. The standard InChI is InChI=1S/C21H23N/c1-22(2)14-15-7-8-17-10-11-19-18-6-4-3-5-16(18)9-12-20(19)21(17)13-15/h4,6-8,10-11,13H,3,5,9,12,14H2,1-2H3. The molecule has 0 saturated heterocycles. The van der Waals surface area contributed by atoms with Gasteiger partial charge in [-0.15, -0.1) is 0 Å². The van der Waals surface area contributed by atoms with Crippen LogP contribution in [0.5, 0.6) is 0 Å². The smallest absolute Gasteiger partial charge is 0.0227 e. The Labute approximate surface area is 132 Å². The van der Waals surface area contributed by atoms with E-state index in [2.05, 4.69) is 61.5 Å². The topological polar surface area (TPSA) is 3.24 Å². The lowest BCUT2D eigenvalue weighted by Crippen LogP contribution is -2.11. The number of rotatable bonds is 2. The van der Waals surface area contributed by atoms with Crippen LogP contribution in [0.2, 0.25) is 0 Å². The normalized spacial score (nSPS) is 17.0. The maximum absolute atomic E-state index is 2.41. The van der Waals surface area contributed by atoms with Crippen molar-refractivity contribution in [3.05, 3.63) is 64.7 Å². The minimum Gasteiger partial charge on any atom is -0.305 e. The molecule has 22 heavy (non-hydrogen) atoms. The number of hydrogen-bond acceptors (Lipinski definition) is 1. The van der Waals surface area contributed by atoms with E-state index in [1.807, 2.05) is 0 Å². The Morgan fingerprint density at radius 2 is 1.86 bits per heavy atom. The molecule has 0 saturated carbocycles. The predicted molar refractivity (Wildman–Crippen MR) is 95.0 cm³/mol. The van der Waals surface area contributed by atoms with Crippen molar-refractivity contribution in [3.8, 4) is 0 Å². The maximum Gasteiger partial charge on any atom is 0.0227 e. The molecule has 0 heterocycles. The van der Waals surface area contributed by atoms with E-state index >= 15 is 0 Å². The molecule has 0 fully saturated rings. The summed E-state index contributed by atoms with van der Waals surface area (Å²) in [5.74, 6) is 0. The summed E-state index contributed by atoms with van der Waals surface area (Å²) in [5, 5.41) is 2.84. The number of aryl methyl sites for hydroxylation is 1. The molecule has 0 aromatic heterocycles. The van der Waals surface area contributed by atoms with Crippen molar-refractivity contribution in [1.29, 1.82) is 0 Å². The van der Waals surface area contributed by atoms with E-state index in [4.69, 9.17) is 0 Å². The van der Waals surface area contributed by atoms with Crippen molar-refractivity contribution in [2.75, 3.05) is 14.1 Å².